The topological polar surface area (TPSA) is 121 Å². The third-order valence-corrected chi connectivity index (χ3v) is 1.24. The van der Waals surface area contributed by atoms with E-state index in [1.165, 1.54) is 6.92 Å². The van der Waals surface area contributed by atoms with Crippen LogP contribution in [0.2, 0.25) is 0 Å². The first kappa shape index (κ1) is 23.8. The summed E-state index contributed by atoms with van der Waals surface area (Å²) >= 11 is 0. The third kappa shape index (κ3) is 55.9. The predicted octanol–water partition coefficient (Wildman–Crippen LogP) is -7.71. The van der Waals surface area contributed by atoms with Gasteiger partial charge in [-0.15, -0.1) is 0 Å². The Balaban J connectivity index is -0.0000000483. The van der Waals surface area contributed by atoms with Gasteiger partial charge in [0.05, 0.1) is 0 Å². The molecule has 10 heteroatoms. The van der Waals surface area contributed by atoms with Crippen LogP contribution in [0.5, 0.6) is 0 Å². The maximum absolute atomic E-state index is 9.69. The van der Waals surface area contributed by atoms with Crippen molar-refractivity contribution in [3.8, 4) is 0 Å². The van der Waals surface area contributed by atoms with Crippen LogP contribution in [-0.2, 0) is 9.13 Å². The summed E-state index contributed by atoms with van der Waals surface area (Å²) in [4.78, 5) is 32.9. The van der Waals surface area contributed by atoms with Crippen LogP contribution < -0.4 is 68.9 Å². The molecule has 0 aromatic carbocycles. The van der Waals surface area contributed by atoms with E-state index in [1.807, 2.05) is 0 Å². The zero-order chi connectivity index (χ0) is 8.78. The van der Waals surface area contributed by atoms with Crippen LogP contribution in [0.15, 0.2) is 0 Å². The van der Waals surface area contributed by atoms with Crippen molar-refractivity contribution in [1.29, 1.82) is 0 Å². The fourth-order valence-corrected chi connectivity index (χ4v) is 0. The Morgan fingerprint density at radius 1 is 1.33 bits per heavy atom. The van der Waals surface area contributed by atoms with E-state index >= 15 is 0 Å². The molecular weight excluding hydrogens is 228 g/mol. The second kappa shape index (κ2) is 13.3. The SMILES string of the molecule is CCP(=O)(O)O.O=[PH]([O-])[O-].[Na+].[Na+]. The van der Waals surface area contributed by atoms with E-state index in [4.69, 9.17) is 24.1 Å². The molecule has 0 aromatic rings. The van der Waals surface area contributed by atoms with Gasteiger partial charge in [0.1, 0.15) is 0 Å². The first-order valence-corrected chi connectivity index (χ1v) is 5.24. The summed E-state index contributed by atoms with van der Waals surface area (Å²) in [7, 11) is -7.28. The second-order valence-electron chi connectivity index (χ2n) is 1.23. The molecule has 64 valence electrons. The molecule has 0 spiro atoms. The van der Waals surface area contributed by atoms with Gasteiger partial charge in [0.15, 0.2) is 0 Å². The third-order valence-electron chi connectivity index (χ3n) is 0.412. The molecule has 0 radical (unpaired) electrons. The Bertz CT molecular complexity index is 140. The largest absolute Gasteiger partial charge is 1.00 e. The first-order valence-electron chi connectivity index (χ1n) is 2.22. The fraction of sp³-hybridized carbons (Fsp3) is 1.00. The summed E-state index contributed by atoms with van der Waals surface area (Å²) in [6, 6.07) is 0. The number of rotatable bonds is 1. The molecule has 0 fully saturated rings. The minimum atomic E-state index is -3.65. The van der Waals surface area contributed by atoms with E-state index in [-0.39, 0.29) is 65.3 Å². The minimum absolute atomic E-state index is 0. The molecule has 0 aromatic heterocycles. The van der Waals surface area contributed by atoms with Crippen molar-refractivity contribution in [3.05, 3.63) is 0 Å². The minimum Gasteiger partial charge on any atom is -0.813 e. The molecule has 0 heterocycles. The average molecular weight is 236 g/mol. The zero-order valence-corrected chi connectivity index (χ0v) is 13.1. The molecule has 0 saturated carbocycles. The van der Waals surface area contributed by atoms with Crippen LogP contribution in [0, 0.1) is 0 Å². The maximum Gasteiger partial charge on any atom is 1.00 e. The molecule has 2 N–H and O–H groups in total. The van der Waals surface area contributed by atoms with Gasteiger partial charge in [-0.25, -0.2) is 0 Å². The van der Waals surface area contributed by atoms with Crippen molar-refractivity contribution in [2.24, 2.45) is 0 Å². The van der Waals surface area contributed by atoms with Crippen LogP contribution in [-0.4, -0.2) is 15.9 Å². The van der Waals surface area contributed by atoms with Gasteiger partial charge in [0.25, 0.3) is 0 Å². The van der Waals surface area contributed by atoms with Crippen LogP contribution in [0.25, 0.3) is 0 Å². The molecule has 0 amide bonds. The normalized spacial score (nSPS) is 8.83. The van der Waals surface area contributed by atoms with Crippen molar-refractivity contribution in [3.63, 3.8) is 0 Å². The molecule has 0 saturated heterocycles. The standard InChI is InChI=1S/C2H7O3P.2Na.H3O3P/c1-2-6(3,4)5;;;1-4(2)3/h2H2,1H3,(H2,3,4,5);;;4H,(H2,1,2,3)/q;2*+1;/p-2. The van der Waals surface area contributed by atoms with Gasteiger partial charge < -0.3 is 24.1 Å². The zero-order valence-electron chi connectivity index (χ0n) is 7.18. The molecule has 0 aliphatic heterocycles. The summed E-state index contributed by atoms with van der Waals surface area (Å²) in [5.41, 5.74) is 0. The quantitative estimate of drug-likeness (QED) is 0.344. The Morgan fingerprint density at radius 2 is 1.42 bits per heavy atom. The first-order chi connectivity index (χ1) is 4.29. The summed E-state index contributed by atoms with van der Waals surface area (Å²) in [6.07, 6.45) is -0.0625. The monoisotopic (exact) mass is 236 g/mol. The van der Waals surface area contributed by atoms with Crippen molar-refractivity contribution in [1.82, 2.24) is 0 Å². The van der Waals surface area contributed by atoms with Crippen LogP contribution in [0.4, 0.5) is 0 Å². The fourth-order valence-electron chi connectivity index (χ4n) is 0. The number of hydrogen-bond acceptors (Lipinski definition) is 4. The Kier molecular flexibility index (Phi) is 26.4. The van der Waals surface area contributed by atoms with E-state index in [2.05, 4.69) is 0 Å². The van der Waals surface area contributed by atoms with E-state index in [0.29, 0.717) is 0 Å². The van der Waals surface area contributed by atoms with Crippen molar-refractivity contribution in [2.45, 2.75) is 6.92 Å². The van der Waals surface area contributed by atoms with Gasteiger partial charge in [-0.05, 0) is 0 Å². The van der Waals surface area contributed by atoms with Gasteiger partial charge >= 0.3 is 66.7 Å². The molecule has 0 aliphatic rings. The van der Waals surface area contributed by atoms with Gasteiger partial charge in [0, 0.05) is 6.16 Å². The molecule has 0 rings (SSSR count). The van der Waals surface area contributed by atoms with E-state index in [1.54, 1.807) is 0 Å². The van der Waals surface area contributed by atoms with Crippen molar-refractivity contribution in [2.75, 3.05) is 6.16 Å². The predicted molar refractivity (Wildman–Crippen MR) is 31.6 cm³/mol. The molecule has 0 bridgehead atoms. The molecule has 6 nitrogen and oxygen atoms in total. The molecular formula is C2H8Na2O6P2. The van der Waals surface area contributed by atoms with Gasteiger partial charge in [-0.2, -0.15) is 0 Å². The van der Waals surface area contributed by atoms with Crippen molar-refractivity contribution < 1.29 is 87.8 Å². The summed E-state index contributed by atoms with van der Waals surface area (Å²) in [5, 5.41) is 0. The number of hydrogen-bond donors (Lipinski definition) is 2. The molecule has 0 unspecified atom stereocenters. The Labute approximate surface area is 115 Å². The molecule has 0 atom stereocenters. The van der Waals surface area contributed by atoms with Crippen LogP contribution in [0.1, 0.15) is 6.92 Å². The van der Waals surface area contributed by atoms with E-state index in [9.17, 15) is 4.57 Å². The summed E-state index contributed by atoms with van der Waals surface area (Å²) in [5.74, 6) is 0. The summed E-state index contributed by atoms with van der Waals surface area (Å²) < 4.78 is 18.2. The molecule has 0 aliphatic carbocycles. The Morgan fingerprint density at radius 3 is 1.42 bits per heavy atom. The van der Waals surface area contributed by atoms with E-state index in [0.717, 1.165) is 0 Å². The second-order valence-corrected chi connectivity index (χ2v) is 3.69. The van der Waals surface area contributed by atoms with Crippen LogP contribution >= 0.6 is 15.9 Å². The average Bonchev–Trinajstić information content (AvgIpc) is 1.63. The van der Waals surface area contributed by atoms with Gasteiger partial charge in [-0.3, -0.25) is 4.57 Å². The van der Waals surface area contributed by atoms with E-state index < -0.39 is 15.9 Å². The van der Waals surface area contributed by atoms with Crippen LogP contribution in [0.3, 0.4) is 0 Å². The molecule has 12 heavy (non-hydrogen) atoms. The smallest absolute Gasteiger partial charge is 0.813 e. The maximum atomic E-state index is 9.69. The van der Waals surface area contributed by atoms with Gasteiger partial charge in [-0.1, -0.05) is 15.2 Å². The Hall–Kier alpha value is 2.30. The van der Waals surface area contributed by atoms with Crippen molar-refractivity contribution >= 4 is 15.9 Å². The summed E-state index contributed by atoms with van der Waals surface area (Å²) in [6.45, 7) is 1.45. The van der Waals surface area contributed by atoms with Gasteiger partial charge in [0.2, 0.25) is 0 Å².